The van der Waals surface area contributed by atoms with Crippen molar-refractivity contribution in [3.8, 4) is 0 Å². The summed E-state index contributed by atoms with van der Waals surface area (Å²) in [5.41, 5.74) is 0.398. The summed E-state index contributed by atoms with van der Waals surface area (Å²) in [6.07, 6.45) is 5.41. The molecule has 1 aromatic rings. The van der Waals surface area contributed by atoms with Gasteiger partial charge in [-0.2, -0.15) is 0 Å². The Labute approximate surface area is 119 Å². The van der Waals surface area contributed by atoms with Crippen LogP contribution in [-0.2, 0) is 0 Å². The van der Waals surface area contributed by atoms with Crippen molar-refractivity contribution in [3.63, 3.8) is 0 Å². The Hall–Kier alpha value is -1.65. The third-order valence-electron chi connectivity index (χ3n) is 4.66. The molecule has 2 saturated carbocycles. The van der Waals surface area contributed by atoms with Crippen LogP contribution in [0.5, 0.6) is 0 Å². The zero-order valence-corrected chi connectivity index (χ0v) is 11.9. The van der Waals surface area contributed by atoms with E-state index >= 15 is 0 Å². The first-order valence-electron chi connectivity index (χ1n) is 7.62. The van der Waals surface area contributed by atoms with Gasteiger partial charge in [-0.15, -0.1) is 10.2 Å². The number of rotatable bonds is 5. The summed E-state index contributed by atoms with van der Waals surface area (Å²) in [7, 11) is 0. The minimum Gasteiger partial charge on any atom is -0.369 e. The molecule has 3 unspecified atom stereocenters. The van der Waals surface area contributed by atoms with E-state index in [-0.39, 0.29) is 5.91 Å². The molecule has 1 heterocycles. The molecule has 2 aliphatic rings. The van der Waals surface area contributed by atoms with Crippen LogP contribution in [0.1, 0.15) is 43.1 Å². The summed E-state index contributed by atoms with van der Waals surface area (Å²) < 4.78 is 0. The second-order valence-electron chi connectivity index (χ2n) is 5.98. The summed E-state index contributed by atoms with van der Waals surface area (Å²) in [5, 5.41) is 14.0. The highest BCUT2D eigenvalue weighted by Crippen LogP contribution is 2.47. The molecule has 0 saturated heterocycles. The Bertz CT molecular complexity index is 473. The normalized spacial score (nSPS) is 27.6. The Morgan fingerprint density at radius 2 is 2.20 bits per heavy atom. The van der Waals surface area contributed by atoms with Crippen molar-refractivity contribution in [2.45, 2.75) is 32.6 Å². The molecule has 3 atom stereocenters. The smallest absolute Gasteiger partial charge is 0.271 e. The Morgan fingerprint density at radius 1 is 1.30 bits per heavy atom. The lowest BCUT2D eigenvalue weighted by molar-refractivity contribution is 0.0936. The predicted molar refractivity (Wildman–Crippen MR) is 77.5 cm³/mol. The highest BCUT2D eigenvalue weighted by atomic mass is 16.1. The number of hydrogen-bond donors (Lipinski definition) is 2. The van der Waals surface area contributed by atoms with Gasteiger partial charge >= 0.3 is 0 Å². The topological polar surface area (TPSA) is 66.9 Å². The fourth-order valence-electron chi connectivity index (χ4n) is 3.67. The van der Waals surface area contributed by atoms with E-state index in [2.05, 4.69) is 20.8 Å². The lowest BCUT2D eigenvalue weighted by Gasteiger charge is -2.21. The minimum absolute atomic E-state index is 0.108. The zero-order chi connectivity index (χ0) is 13.9. The first-order chi connectivity index (χ1) is 9.76. The average Bonchev–Trinajstić information content (AvgIpc) is 3.08. The quantitative estimate of drug-likeness (QED) is 0.862. The van der Waals surface area contributed by atoms with Gasteiger partial charge in [0.05, 0.1) is 0 Å². The Morgan fingerprint density at radius 3 is 2.80 bits per heavy atom. The van der Waals surface area contributed by atoms with E-state index in [9.17, 15) is 4.79 Å². The molecule has 2 aliphatic carbocycles. The van der Waals surface area contributed by atoms with Gasteiger partial charge in [-0.1, -0.05) is 6.42 Å². The zero-order valence-electron chi connectivity index (χ0n) is 11.9. The van der Waals surface area contributed by atoms with Crippen LogP contribution in [0, 0.1) is 17.8 Å². The standard InChI is InChI=1S/C15H22N4O/c1-2-16-14-6-5-13(18-19-14)15(20)17-9-12-8-10-3-4-11(12)7-10/h5-6,10-12H,2-4,7-9H2,1H3,(H,16,19)(H,17,20). The molecule has 0 aliphatic heterocycles. The van der Waals surface area contributed by atoms with Crippen molar-refractivity contribution in [2.75, 3.05) is 18.4 Å². The molecule has 3 rings (SSSR count). The Balaban J connectivity index is 1.51. The van der Waals surface area contributed by atoms with Gasteiger partial charge in [0.15, 0.2) is 5.69 Å². The number of fused-ring (bicyclic) bond motifs is 2. The van der Waals surface area contributed by atoms with Gasteiger partial charge in [0.1, 0.15) is 5.82 Å². The maximum atomic E-state index is 12.0. The summed E-state index contributed by atoms with van der Waals surface area (Å²) in [4.78, 5) is 12.0. The van der Waals surface area contributed by atoms with Gasteiger partial charge in [0.2, 0.25) is 0 Å². The van der Waals surface area contributed by atoms with Crippen molar-refractivity contribution in [2.24, 2.45) is 17.8 Å². The number of anilines is 1. The fraction of sp³-hybridized carbons (Fsp3) is 0.667. The largest absolute Gasteiger partial charge is 0.369 e. The van der Waals surface area contributed by atoms with Crippen LogP contribution in [0.3, 0.4) is 0 Å². The molecule has 5 heteroatoms. The van der Waals surface area contributed by atoms with Gasteiger partial charge < -0.3 is 10.6 Å². The van der Waals surface area contributed by atoms with E-state index in [0.29, 0.717) is 17.4 Å². The fourth-order valence-corrected chi connectivity index (χ4v) is 3.67. The first kappa shape index (κ1) is 13.3. The second kappa shape index (κ2) is 5.77. The molecule has 2 fully saturated rings. The third-order valence-corrected chi connectivity index (χ3v) is 4.66. The summed E-state index contributed by atoms with van der Waals surface area (Å²) in [6.45, 7) is 3.58. The predicted octanol–water partition coefficient (Wildman–Crippen LogP) is 2.07. The minimum atomic E-state index is -0.108. The van der Waals surface area contributed by atoms with Crippen LogP contribution in [0.25, 0.3) is 0 Å². The van der Waals surface area contributed by atoms with Crippen molar-refractivity contribution in [3.05, 3.63) is 17.8 Å². The van der Waals surface area contributed by atoms with E-state index in [0.717, 1.165) is 24.9 Å². The molecule has 2 N–H and O–H groups in total. The van der Waals surface area contributed by atoms with Gasteiger partial charge in [-0.25, -0.2) is 0 Å². The van der Waals surface area contributed by atoms with Crippen LogP contribution in [0.4, 0.5) is 5.82 Å². The van der Waals surface area contributed by atoms with Crippen molar-refractivity contribution in [1.82, 2.24) is 15.5 Å². The van der Waals surface area contributed by atoms with E-state index in [4.69, 9.17) is 0 Å². The lowest BCUT2D eigenvalue weighted by Crippen LogP contribution is -2.32. The van der Waals surface area contributed by atoms with Gasteiger partial charge in [0.25, 0.3) is 5.91 Å². The monoisotopic (exact) mass is 274 g/mol. The van der Waals surface area contributed by atoms with E-state index in [1.54, 1.807) is 12.1 Å². The SMILES string of the molecule is CCNc1ccc(C(=O)NCC2CC3CCC2C3)nn1. The van der Waals surface area contributed by atoms with Crippen molar-refractivity contribution < 1.29 is 4.79 Å². The summed E-state index contributed by atoms with van der Waals surface area (Å²) in [6, 6.07) is 3.52. The Kier molecular flexibility index (Phi) is 3.85. The molecule has 0 spiro atoms. The molecule has 5 nitrogen and oxygen atoms in total. The first-order valence-corrected chi connectivity index (χ1v) is 7.62. The van der Waals surface area contributed by atoms with E-state index < -0.39 is 0 Å². The van der Waals surface area contributed by atoms with Gasteiger partial charge in [0, 0.05) is 13.1 Å². The molecule has 2 bridgehead atoms. The van der Waals surface area contributed by atoms with Crippen LogP contribution in [-0.4, -0.2) is 29.2 Å². The molecular weight excluding hydrogens is 252 g/mol. The van der Waals surface area contributed by atoms with Crippen LogP contribution >= 0.6 is 0 Å². The molecule has 0 aromatic carbocycles. The van der Waals surface area contributed by atoms with Gasteiger partial charge in [-0.05, 0) is 56.1 Å². The number of carbonyl (C=O) groups is 1. The number of nitrogens with zero attached hydrogens (tertiary/aromatic N) is 2. The van der Waals surface area contributed by atoms with Crippen molar-refractivity contribution >= 4 is 11.7 Å². The molecule has 0 radical (unpaired) electrons. The molecule has 108 valence electrons. The summed E-state index contributed by atoms with van der Waals surface area (Å²) in [5.74, 6) is 3.02. The van der Waals surface area contributed by atoms with Crippen LogP contribution in [0.15, 0.2) is 12.1 Å². The average molecular weight is 274 g/mol. The molecule has 1 amide bonds. The second-order valence-corrected chi connectivity index (χ2v) is 5.98. The molecule has 1 aromatic heterocycles. The number of carbonyl (C=O) groups excluding carboxylic acids is 1. The number of nitrogens with one attached hydrogen (secondary N) is 2. The number of aromatic nitrogens is 2. The lowest BCUT2D eigenvalue weighted by atomic mass is 9.89. The third kappa shape index (κ3) is 2.76. The van der Waals surface area contributed by atoms with Crippen LogP contribution < -0.4 is 10.6 Å². The highest BCUT2D eigenvalue weighted by molar-refractivity contribution is 5.92. The van der Waals surface area contributed by atoms with Crippen molar-refractivity contribution in [1.29, 1.82) is 0 Å². The molecular formula is C15H22N4O. The maximum absolute atomic E-state index is 12.0. The van der Waals surface area contributed by atoms with E-state index in [1.807, 2.05) is 6.92 Å². The van der Waals surface area contributed by atoms with E-state index in [1.165, 1.54) is 25.7 Å². The van der Waals surface area contributed by atoms with Crippen LogP contribution in [0.2, 0.25) is 0 Å². The maximum Gasteiger partial charge on any atom is 0.271 e. The van der Waals surface area contributed by atoms with Gasteiger partial charge in [-0.3, -0.25) is 4.79 Å². The number of hydrogen-bond acceptors (Lipinski definition) is 4. The highest BCUT2D eigenvalue weighted by Gasteiger charge is 2.39. The summed E-state index contributed by atoms with van der Waals surface area (Å²) >= 11 is 0. The number of amides is 1. The molecule has 20 heavy (non-hydrogen) atoms.